The molecule has 0 aromatic heterocycles. The predicted molar refractivity (Wildman–Crippen MR) is 85.5 cm³/mol. The lowest BCUT2D eigenvalue weighted by molar-refractivity contribution is -0.118. The van der Waals surface area contributed by atoms with Crippen LogP contribution >= 0.6 is 22.6 Å². The number of ether oxygens (including phenoxy) is 4. The topological polar surface area (TPSA) is 66.0 Å². The maximum atomic E-state index is 10.9. The summed E-state index contributed by atoms with van der Waals surface area (Å²) in [7, 11) is 0. The van der Waals surface area contributed by atoms with Crippen molar-refractivity contribution in [2.45, 2.75) is 13.3 Å². The molecule has 1 N–H and O–H groups in total. The van der Waals surface area contributed by atoms with E-state index in [2.05, 4.69) is 12.2 Å². The monoisotopic (exact) mass is 403 g/mol. The normalized spacial score (nSPS) is 10.7. The van der Waals surface area contributed by atoms with Crippen LogP contribution in [-0.2, 0) is 23.7 Å². The van der Waals surface area contributed by atoms with Gasteiger partial charge in [-0.15, -0.1) is 0 Å². The summed E-state index contributed by atoms with van der Waals surface area (Å²) in [6.07, 6.45) is 1.03. The van der Waals surface area contributed by atoms with Gasteiger partial charge in [-0.05, 0) is 6.42 Å². The molecule has 0 aliphatic rings. The quantitative estimate of drug-likeness (QED) is 0.251. The molecule has 0 atom stereocenters. The highest BCUT2D eigenvalue weighted by molar-refractivity contribution is 14.1. The van der Waals surface area contributed by atoms with E-state index in [0.29, 0.717) is 57.2 Å². The first-order chi connectivity index (χ1) is 9.81. The Hall–Kier alpha value is 0.0400. The summed E-state index contributed by atoms with van der Waals surface area (Å²) in [5.74, 6) is 0.0329. The van der Waals surface area contributed by atoms with Crippen LogP contribution in [0.15, 0.2) is 0 Å². The zero-order valence-electron chi connectivity index (χ0n) is 12.2. The van der Waals surface area contributed by atoms with Gasteiger partial charge in [0, 0.05) is 13.2 Å². The number of amides is 1. The van der Waals surface area contributed by atoms with E-state index in [9.17, 15) is 4.79 Å². The van der Waals surface area contributed by atoms with Crippen LogP contribution in [0.4, 0.5) is 0 Å². The van der Waals surface area contributed by atoms with Gasteiger partial charge in [-0.25, -0.2) is 0 Å². The molecular formula is C13H26INO5. The van der Waals surface area contributed by atoms with Crippen molar-refractivity contribution < 1.29 is 23.7 Å². The van der Waals surface area contributed by atoms with Crippen molar-refractivity contribution in [3.63, 3.8) is 0 Å². The van der Waals surface area contributed by atoms with Gasteiger partial charge in [0.15, 0.2) is 0 Å². The number of halogens is 1. The van der Waals surface area contributed by atoms with Gasteiger partial charge in [0.05, 0.1) is 50.7 Å². The molecular weight excluding hydrogens is 377 g/mol. The molecule has 0 aromatic carbocycles. The van der Waals surface area contributed by atoms with E-state index in [4.69, 9.17) is 18.9 Å². The van der Waals surface area contributed by atoms with Gasteiger partial charge >= 0.3 is 0 Å². The van der Waals surface area contributed by atoms with E-state index in [1.54, 1.807) is 0 Å². The first-order valence-corrected chi connectivity index (χ1v) is 8.47. The summed E-state index contributed by atoms with van der Waals surface area (Å²) in [4.78, 5) is 10.9. The predicted octanol–water partition coefficient (Wildman–Crippen LogP) is 1.01. The third kappa shape index (κ3) is 16.1. The van der Waals surface area contributed by atoms with Crippen LogP contribution in [0.2, 0.25) is 0 Å². The van der Waals surface area contributed by atoms with Crippen LogP contribution in [0.25, 0.3) is 0 Å². The van der Waals surface area contributed by atoms with Crippen LogP contribution in [0.1, 0.15) is 13.3 Å². The van der Waals surface area contributed by atoms with Gasteiger partial charge in [0.2, 0.25) is 5.91 Å². The molecule has 0 saturated heterocycles. The molecule has 0 radical (unpaired) electrons. The molecule has 0 aromatic rings. The van der Waals surface area contributed by atoms with Crippen LogP contribution in [0.3, 0.4) is 0 Å². The maximum Gasteiger partial charge on any atom is 0.229 e. The molecule has 0 fully saturated rings. The Kier molecular flexibility index (Phi) is 17.1. The largest absolute Gasteiger partial charge is 0.379 e. The van der Waals surface area contributed by atoms with Crippen LogP contribution in [0.5, 0.6) is 0 Å². The number of alkyl halides is 1. The molecule has 6 nitrogen and oxygen atoms in total. The molecule has 0 heterocycles. The van der Waals surface area contributed by atoms with E-state index in [0.717, 1.165) is 13.0 Å². The molecule has 120 valence electrons. The van der Waals surface area contributed by atoms with Crippen molar-refractivity contribution >= 4 is 28.5 Å². The second-order valence-electron chi connectivity index (χ2n) is 3.93. The number of hydrogen-bond acceptors (Lipinski definition) is 5. The highest BCUT2D eigenvalue weighted by atomic mass is 127. The minimum Gasteiger partial charge on any atom is -0.379 e. The Morgan fingerprint density at radius 2 is 1.30 bits per heavy atom. The standard InChI is InChI=1S/C13H26INO5/c1-2-4-17-6-8-19-10-11-20-9-7-18-5-3-15-13(16)12-14/h2-12H2,1H3,(H,15,16). The molecule has 0 spiro atoms. The Balaban J connectivity index is 2.97. The lowest BCUT2D eigenvalue weighted by Crippen LogP contribution is -2.28. The van der Waals surface area contributed by atoms with Gasteiger partial charge in [0.1, 0.15) is 0 Å². The zero-order chi connectivity index (χ0) is 14.9. The molecule has 1 amide bonds. The second-order valence-corrected chi connectivity index (χ2v) is 4.70. The van der Waals surface area contributed by atoms with Gasteiger partial charge in [-0.2, -0.15) is 0 Å². The van der Waals surface area contributed by atoms with E-state index >= 15 is 0 Å². The average molecular weight is 403 g/mol. The molecule has 0 saturated carbocycles. The number of rotatable bonds is 15. The fraction of sp³-hybridized carbons (Fsp3) is 0.923. The Morgan fingerprint density at radius 3 is 1.75 bits per heavy atom. The van der Waals surface area contributed by atoms with Crippen molar-refractivity contribution in [2.75, 3.05) is 63.8 Å². The zero-order valence-corrected chi connectivity index (χ0v) is 14.4. The summed E-state index contributed by atoms with van der Waals surface area (Å²) in [6.45, 7) is 7.36. The molecule has 7 heteroatoms. The Bertz CT molecular complexity index is 219. The summed E-state index contributed by atoms with van der Waals surface area (Å²) < 4.78 is 21.7. The SMILES string of the molecule is CCCOCCOCCOCCOCCNC(=O)CI. The molecule has 0 rings (SSSR count). The van der Waals surface area contributed by atoms with Gasteiger partial charge in [-0.1, -0.05) is 29.5 Å². The lowest BCUT2D eigenvalue weighted by Gasteiger charge is -2.07. The molecule has 0 aliphatic heterocycles. The van der Waals surface area contributed by atoms with Gasteiger partial charge < -0.3 is 24.3 Å². The van der Waals surface area contributed by atoms with Crippen molar-refractivity contribution in [1.29, 1.82) is 0 Å². The summed E-state index contributed by atoms with van der Waals surface area (Å²) in [5, 5.41) is 2.73. The maximum absolute atomic E-state index is 10.9. The van der Waals surface area contributed by atoms with E-state index < -0.39 is 0 Å². The highest BCUT2D eigenvalue weighted by Gasteiger charge is 1.96. The van der Waals surface area contributed by atoms with Gasteiger partial charge in [0.25, 0.3) is 0 Å². The Labute approximate surface area is 135 Å². The fourth-order valence-electron chi connectivity index (χ4n) is 1.22. The van der Waals surface area contributed by atoms with Crippen LogP contribution < -0.4 is 5.32 Å². The van der Waals surface area contributed by atoms with Crippen molar-refractivity contribution in [3.05, 3.63) is 0 Å². The van der Waals surface area contributed by atoms with Gasteiger partial charge in [-0.3, -0.25) is 4.79 Å². The third-order valence-corrected chi connectivity index (χ3v) is 2.85. The summed E-state index contributed by atoms with van der Waals surface area (Å²) in [6, 6.07) is 0. The average Bonchev–Trinajstić information content (AvgIpc) is 2.47. The molecule has 0 bridgehead atoms. The smallest absolute Gasteiger partial charge is 0.229 e. The first-order valence-electron chi connectivity index (χ1n) is 6.95. The molecule has 0 aliphatic carbocycles. The second kappa shape index (κ2) is 17.1. The minimum absolute atomic E-state index is 0.0329. The highest BCUT2D eigenvalue weighted by Crippen LogP contribution is 1.84. The number of hydrogen-bond donors (Lipinski definition) is 1. The summed E-state index contributed by atoms with van der Waals surface area (Å²) >= 11 is 2.02. The van der Waals surface area contributed by atoms with Crippen LogP contribution in [0, 0.1) is 0 Å². The van der Waals surface area contributed by atoms with E-state index in [1.807, 2.05) is 22.6 Å². The summed E-state index contributed by atoms with van der Waals surface area (Å²) in [5.41, 5.74) is 0. The number of carbonyl (C=O) groups excluding carboxylic acids is 1. The van der Waals surface area contributed by atoms with Crippen LogP contribution in [-0.4, -0.2) is 69.7 Å². The first kappa shape index (κ1) is 20.0. The van der Waals surface area contributed by atoms with Crippen molar-refractivity contribution in [3.8, 4) is 0 Å². The Morgan fingerprint density at radius 1 is 0.850 bits per heavy atom. The molecule has 0 unspecified atom stereocenters. The third-order valence-electron chi connectivity index (χ3n) is 2.15. The minimum atomic E-state index is 0.0329. The number of nitrogens with one attached hydrogen (secondary N) is 1. The lowest BCUT2D eigenvalue weighted by atomic mass is 10.5. The molecule has 20 heavy (non-hydrogen) atoms. The van der Waals surface area contributed by atoms with E-state index in [1.165, 1.54) is 0 Å². The van der Waals surface area contributed by atoms with Crippen molar-refractivity contribution in [1.82, 2.24) is 5.32 Å². The fourth-order valence-corrected chi connectivity index (χ4v) is 1.49. The van der Waals surface area contributed by atoms with Crippen molar-refractivity contribution in [2.24, 2.45) is 0 Å². The van der Waals surface area contributed by atoms with E-state index in [-0.39, 0.29) is 5.91 Å². The number of carbonyl (C=O) groups is 1.